The number of hydrogen-bond donors (Lipinski definition) is 0. The first-order chi connectivity index (χ1) is 5.97. The Bertz CT molecular complexity index is 271. The summed E-state index contributed by atoms with van der Waals surface area (Å²) in [5.41, 5.74) is 0.801. The molecule has 0 bridgehead atoms. The summed E-state index contributed by atoms with van der Waals surface area (Å²) in [5.74, 6) is 0. The van der Waals surface area contributed by atoms with E-state index in [4.69, 9.17) is 0 Å². The summed E-state index contributed by atoms with van der Waals surface area (Å²) < 4.78 is 39.3. The van der Waals surface area contributed by atoms with Crippen LogP contribution < -0.4 is 0 Å². The number of hydrogen-bond acceptors (Lipinski definition) is 3. The van der Waals surface area contributed by atoms with E-state index in [0.717, 1.165) is 5.69 Å². The zero-order valence-corrected chi connectivity index (χ0v) is 7.71. The Morgan fingerprint density at radius 3 is 2.69 bits per heavy atom. The van der Waals surface area contributed by atoms with E-state index in [-0.39, 0.29) is 6.61 Å². The van der Waals surface area contributed by atoms with Crippen LogP contribution in [0.4, 0.5) is 13.2 Å². The van der Waals surface area contributed by atoms with Crippen molar-refractivity contribution in [3.05, 3.63) is 16.1 Å². The molecule has 0 aromatic carbocycles. The predicted octanol–water partition coefficient (Wildman–Crippen LogP) is 2.53. The summed E-state index contributed by atoms with van der Waals surface area (Å²) in [6, 6.07) is 0. The van der Waals surface area contributed by atoms with Gasteiger partial charge in [0.2, 0.25) is 0 Å². The van der Waals surface area contributed by atoms with Crippen molar-refractivity contribution in [2.24, 2.45) is 0 Å². The van der Waals surface area contributed by atoms with Gasteiger partial charge in [-0.3, -0.25) is 0 Å². The van der Waals surface area contributed by atoms with E-state index >= 15 is 0 Å². The summed E-state index contributed by atoms with van der Waals surface area (Å²) >= 11 is 1.30. The standard InChI is InChI=1S/C7H8F3NOS/c1-5-3-13-6(11-5)2-12-4-7(8,9)10/h3H,2,4H2,1H3. The molecule has 1 heterocycles. The number of ether oxygens (including phenoxy) is 1. The second-order valence-electron chi connectivity index (χ2n) is 2.49. The van der Waals surface area contributed by atoms with Crippen molar-refractivity contribution < 1.29 is 17.9 Å². The quantitative estimate of drug-likeness (QED) is 0.766. The van der Waals surface area contributed by atoms with E-state index in [2.05, 4.69) is 9.72 Å². The first-order valence-corrected chi connectivity index (χ1v) is 4.41. The SMILES string of the molecule is Cc1csc(COCC(F)(F)F)n1. The third kappa shape index (κ3) is 4.23. The largest absolute Gasteiger partial charge is 0.411 e. The van der Waals surface area contributed by atoms with E-state index in [9.17, 15) is 13.2 Å². The van der Waals surface area contributed by atoms with Crippen molar-refractivity contribution in [2.75, 3.05) is 6.61 Å². The van der Waals surface area contributed by atoms with Gasteiger partial charge in [0.15, 0.2) is 0 Å². The molecule has 0 aliphatic heterocycles. The van der Waals surface area contributed by atoms with E-state index in [1.54, 1.807) is 12.3 Å². The number of rotatable bonds is 3. The molecular weight excluding hydrogens is 203 g/mol. The zero-order chi connectivity index (χ0) is 9.90. The Kier molecular flexibility index (Phi) is 3.27. The molecule has 0 aliphatic carbocycles. The minimum absolute atomic E-state index is 0.0714. The van der Waals surface area contributed by atoms with Crippen molar-refractivity contribution in [3.63, 3.8) is 0 Å². The van der Waals surface area contributed by atoms with E-state index in [1.807, 2.05) is 0 Å². The summed E-state index contributed by atoms with van der Waals surface area (Å²) in [7, 11) is 0. The maximum Gasteiger partial charge on any atom is 0.411 e. The Morgan fingerprint density at radius 1 is 1.54 bits per heavy atom. The topological polar surface area (TPSA) is 22.1 Å². The van der Waals surface area contributed by atoms with Gasteiger partial charge in [0.25, 0.3) is 0 Å². The number of aromatic nitrogens is 1. The highest BCUT2D eigenvalue weighted by Crippen LogP contribution is 2.16. The Morgan fingerprint density at radius 2 is 2.23 bits per heavy atom. The van der Waals surface area contributed by atoms with Crippen LogP contribution in [0.25, 0.3) is 0 Å². The average molecular weight is 211 g/mol. The maximum atomic E-state index is 11.6. The second kappa shape index (κ2) is 4.06. The van der Waals surface area contributed by atoms with Crippen LogP contribution in [0.1, 0.15) is 10.7 Å². The van der Waals surface area contributed by atoms with Crippen molar-refractivity contribution >= 4 is 11.3 Å². The van der Waals surface area contributed by atoms with Crippen molar-refractivity contribution in [1.29, 1.82) is 0 Å². The molecule has 0 radical (unpaired) electrons. The van der Waals surface area contributed by atoms with Gasteiger partial charge >= 0.3 is 6.18 Å². The van der Waals surface area contributed by atoms with Gasteiger partial charge in [0.05, 0.1) is 6.61 Å². The molecule has 0 fully saturated rings. The number of nitrogens with zero attached hydrogens (tertiary/aromatic N) is 1. The van der Waals surface area contributed by atoms with Gasteiger partial charge in [-0.25, -0.2) is 4.98 Å². The third-order valence-electron chi connectivity index (χ3n) is 1.16. The van der Waals surface area contributed by atoms with Crippen LogP contribution in [0.5, 0.6) is 0 Å². The molecule has 13 heavy (non-hydrogen) atoms. The molecule has 0 saturated heterocycles. The fraction of sp³-hybridized carbons (Fsp3) is 0.571. The summed E-state index contributed by atoms with van der Waals surface area (Å²) in [6.45, 7) is 0.493. The highest BCUT2D eigenvalue weighted by Gasteiger charge is 2.27. The molecule has 2 nitrogen and oxygen atoms in total. The van der Waals surface area contributed by atoms with Crippen LogP contribution in [-0.4, -0.2) is 17.8 Å². The average Bonchev–Trinajstić information content (AvgIpc) is 2.33. The lowest BCUT2D eigenvalue weighted by molar-refractivity contribution is -0.176. The molecule has 0 saturated carbocycles. The van der Waals surface area contributed by atoms with Crippen molar-refractivity contribution in [3.8, 4) is 0 Å². The Labute approximate surface area is 77.4 Å². The van der Waals surface area contributed by atoms with Gasteiger partial charge < -0.3 is 4.74 Å². The molecule has 6 heteroatoms. The first kappa shape index (κ1) is 10.5. The highest BCUT2D eigenvalue weighted by atomic mass is 32.1. The molecule has 0 spiro atoms. The molecule has 0 atom stereocenters. The molecule has 0 unspecified atom stereocenters. The van der Waals surface area contributed by atoms with Gasteiger partial charge in [-0.15, -0.1) is 11.3 Å². The molecule has 74 valence electrons. The third-order valence-corrected chi connectivity index (χ3v) is 2.10. The monoisotopic (exact) mass is 211 g/mol. The molecule has 1 aromatic rings. The first-order valence-electron chi connectivity index (χ1n) is 3.53. The van der Waals surface area contributed by atoms with Crippen molar-refractivity contribution in [2.45, 2.75) is 19.7 Å². The molecule has 1 aromatic heterocycles. The van der Waals surface area contributed by atoms with Crippen LogP contribution in [0.15, 0.2) is 5.38 Å². The number of thiazole rings is 1. The number of halogens is 3. The lowest BCUT2D eigenvalue weighted by atomic mass is 10.6. The smallest absolute Gasteiger partial charge is 0.365 e. The van der Waals surface area contributed by atoms with Crippen LogP contribution in [-0.2, 0) is 11.3 Å². The predicted molar refractivity (Wildman–Crippen MR) is 42.6 cm³/mol. The Balaban J connectivity index is 2.28. The van der Waals surface area contributed by atoms with Crippen LogP contribution >= 0.6 is 11.3 Å². The van der Waals surface area contributed by atoms with Crippen LogP contribution in [0.2, 0.25) is 0 Å². The number of aryl methyl sites for hydroxylation is 1. The van der Waals surface area contributed by atoms with Gasteiger partial charge in [0, 0.05) is 11.1 Å². The molecule has 1 rings (SSSR count). The van der Waals surface area contributed by atoms with Gasteiger partial charge in [-0.1, -0.05) is 0 Å². The Hall–Kier alpha value is -0.620. The fourth-order valence-electron chi connectivity index (χ4n) is 0.723. The normalized spacial score (nSPS) is 12.0. The lowest BCUT2D eigenvalue weighted by Gasteiger charge is -2.05. The van der Waals surface area contributed by atoms with E-state index < -0.39 is 12.8 Å². The summed E-state index contributed by atoms with van der Waals surface area (Å²) in [5, 5.41) is 2.34. The molecule has 0 aliphatic rings. The van der Waals surface area contributed by atoms with Crippen LogP contribution in [0.3, 0.4) is 0 Å². The second-order valence-corrected chi connectivity index (χ2v) is 3.43. The molecule has 0 amide bonds. The summed E-state index contributed by atoms with van der Waals surface area (Å²) in [6.07, 6.45) is -4.26. The summed E-state index contributed by atoms with van der Waals surface area (Å²) in [4.78, 5) is 3.96. The molecular formula is C7H8F3NOS. The fourth-order valence-corrected chi connectivity index (χ4v) is 1.43. The minimum Gasteiger partial charge on any atom is -0.365 e. The van der Waals surface area contributed by atoms with E-state index in [0.29, 0.717) is 5.01 Å². The van der Waals surface area contributed by atoms with Crippen molar-refractivity contribution in [1.82, 2.24) is 4.98 Å². The van der Waals surface area contributed by atoms with E-state index in [1.165, 1.54) is 11.3 Å². The highest BCUT2D eigenvalue weighted by molar-refractivity contribution is 7.09. The van der Waals surface area contributed by atoms with Crippen LogP contribution in [0, 0.1) is 6.92 Å². The maximum absolute atomic E-state index is 11.6. The van der Waals surface area contributed by atoms with Gasteiger partial charge in [-0.05, 0) is 6.92 Å². The molecule has 0 N–H and O–H groups in total. The van der Waals surface area contributed by atoms with Gasteiger partial charge in [-0.2, -0.15) is 13.2 Å². The minimum atomic E-state index is -4.26. The van der Waals surface area contributed by atoms with Gasteiger partial charge in [0.1, 0.15) is 11.6 Å². The number of alkyl halides is 3. The lowest BCUT2D eigenvalue weighted by Crippen LogP contribution is -2.16. The zero-order valence-electron chi connectivity index (χ0n) is 6.89.